The average Bonchev–Trinajstić information content (AvgIpc) is 2.84. The number of carbonyl (C=O) groups is 1. The van der Waals surface area contributed by atoms with E-state index in [9.17, 15) is 4.79 Å². The van der Waals surface area contributed by atoms with Gasteiger partial charge in [0.2, 0.25) is 0 Å². The number of morpholine rings is 1. The molecule has 0 radical (unpaired) electrons. The molecule has 3 aromatic rings. The van der Waals surface area contributed by atoms with Gasteiger partial charge >= 0.3 is 6.03 Å². The van der Waals surface area contributed by atoms with E-state index in [1.807, 2.05) is 83.8 Å². The first-order valence-electron chi connectivity index (χ1n) is 11.1. The van der Waals surface area contributed by atoms with Gasteiger partial charge in [-0.15, -0.1) is 0 Å². The topological polar surface area (TPSA) is 54.0 Å². The number of para-hydroxylation sites is 1. The van der Waals surface area contributed by atoms with Gasteiger partial charge in [-0.25, -0.2) is 4.79 Å². The fraction of sp³-hybridized carbons (Fsp3) is 0.269. The monoisotopic (exact) mass is 509 g/mol. The third-order valence-electron chi connectivity index (χ3n) is 5.42. The van der Waals surface area contributed by atoms with Gasteiger partial charge in [0.15, 0.2) is 0 Å². The van der Waals surface area contributed by atoms with Crippen LogP contribution in [0.15, 0.2) is 83.3 Å². The zero-order valence-corrected chi connectivity index (χ0v) is 20.0. The first-order chi connectivity index (χ1) is 16.2. The maximum atomic E-state index is 13.2. The van der Waals surface area contributed by atoms with Gasteiger partial charge in [0, 0.05) is 42.9 Å². The summed E-state index contributed by atoms with van der Waals surface area (Å²) in [5.74, 6) is 1.53. The predicted molar refractivity (Wildman–Crippen MR) is 134 cm³/mol. The molecule has 4 rings (SSSR count). The van der Waals surface area contributed by atoms with Crippen LogP contribution in [0, 0.1) is 0 Å². The number of nitrogens with one attached hydrogen (secondary N) is 1. The summed E-state index contributed by atoms with van der Waals surface area (Å²) in [6, 6.07) is 25.1. The van der Waals surface area contributed by atoms with Crippen LogP contribution in [0.3, 0.4) is 0 Å². The molecule has 0 bridgehead atoms. The highest BCUT2D eigenvalue weighted by Gasteiger charge is 2.18. The second-order valence-corrected chi connectivity index (χ2v) is 8.79. The Kier molecular flexibility index (Phi) is 8.35. The molecule has 3 aromatic carbocycles. The van der Waals surface area contributed by atoms with Gasteiger partial charge in [-0.2, -0.15) is 0 Å². The minimum absolute atomic E-state index is 0.125. The van der Waals surface area contributed by atoms with Crippen molar-refractivity contribution < 1.29 is 14.3 Å². The molecule has 172 valence electrons. The zero-order chi connectivity index (χ0) is 22.9. The molecule has 7 heteroatoms. The van der Waals surface area contributed by atoms with Crippen LogP contribution in [-0.2, 0) is 11.3 Å². The minimum atomic E-state index is -0.125. The molecule has 6 nitrogen and oxygen atoms in total. The van der Waals surface area contributed by atoms with Crippen LogP contribution in [0.25, 0.3) is 0 Å². The Morgan fingerprint density at radius 1 is 0.970 bits per heavy atom. The maximum Gasteiger partial charge on any atom is 0.322 e. The number of urea groups is 1. The van der Waals surface area contributed by atoms with Gasteiger partial charge in [0.05, 0.1) is 13.2 Å². The lowest BCUT2D eigenvalue weighted by molar-refractivity contribution is 0.0349. The molecule has 1 heterocycles. The molecule has 1 aliphatic rings. The molecule has 1 saturated heterocycles. The van der Waals surface area contributed by atoms with E-state index in [0.717, 1.165) is 60.1 Å². The molecule has 0 saturated carbocycles. The molecule has 1 fully saturated rings. The highest BCUT2D eigenvalue weighted by Crippen LogP contribution is 2.23. The standard InChI is InChI=1S/C26H28BrN3O3/c27-22-9-11-23(12-10-22)28-26(31)30(14-13-29-15-17-32-18-16-29)20-21-5-4-8-25(19-21)33-24-6-2-1-3-7-24/h1-12,19H,13-18,20H2,(H,28,31). The normalized spacial score (nSPS) is 14.0. The van der Waals surface area contributed by atoms with Gasteiger partial charge in [-0.05, 0) is 54.1 Å². The number of amides is 2. The lowest BCUT2D eigenvalue weighted by Crippen LogP contribution is -2.44. The van der Waals surface area contributed by atoms with E-state index in [0.29, 0.717) is 13.1 Å². The summed E-state index contributed by atoms with van der Waals surface area (Å²) in [5, 5.41) is 3.02. The Morgan fingerprint density at radius 2 is 1.70 bits per heavy atom. The maximum absolute atomic E-state index is 13.2. The average molecular weight is 510 g/mol. The van der Waals surface area contributed by atoms with Gasteiger partial charge < -0.3 is 19.7 Å². The quantitative estimate of drug-likeness (QED) is 0.428. The summed E-state index contributed by atoms with van der Waals surface area (Å²) < 4.78 is 12.4. The molecule has 1 aliphatic heterocycles. The van der Waals surface area contributed by atoms with Crippen LogP contribution in [0.2, 0.25) is 0 Å². The van der Waals surface area contributed by atoms with E-state index in [1.165, 1.54) is 0 Å². The van der Waals surface area contributed by atoms with Crippen LogP contribution in [-0.4, -0.2) is 55.2 Å². The minimum Gasteiger partial charge on any atom is -0.457 e. The molecule has 2 amide bonds. The van der Waals surface area contributed by atoms with Crippen LogP contribution in [0.5, 0.6) is 11.5 Å². The molecular weight excluding hydrogens is 482 g/mol. The molecule has 0 aromatic heterocycles. The van der Waals surface area contributed by atoms with Gasteiger partial charge in [-0.3, -0.25) is 4.90 Å². The van der Waals surface area contributed by atoms with Crippen molar-refractivity contribution in [3.05, 3.63) is 88.9 Å². The van der Waals surface area contributed by atoms with E-state index in [2.05, 4.69) is 26.1 Å². The van der Waals surface area contributed by atoms with Gasteiger partial charge in [0.25, 0.3) is 0 Å². The lowest BCUT2D eigenvalue weighted by Gasteiger charge is -2.30. The smallest absolute Gasteiger partial charge is 0.322 e. The van der Waals surface area contributed by atoms with Gasteiger partial charge in [0.1, 0.15) is 11.5 Å². The number of nitrogens with zero attached hydrogens (tertiary/aromatic N) is 2. The Hall–Kier alpha value is -2.87. The second-order valence-electron chi connectivity index (χ2n) is 7.88. The zero-order valence-electron chi connectivity index (χ0n) is 18.5. The molecular formula is C26H28BrN3O3. The van der Waals surface area contributed by atoms with Crippen molar-refractivity contribution in [1.82, 2.24) is 9.80 Å². The highest BCUT2D eigenvalue weighted by molar-refractivity contribution is 9.10. The number of halogens is 1. The summed E-state index contributed by atoms with van der Waals surface area (Å²) in [4.78, 5) is 17.4. The van der Waals surface area contributed by atoms with Crippen LogP contribution in [0.4, 0.5) is 10.5 Å². The van der Waals surface area contributed by atoms with E-state index in [1.54, 1.807) is 0 Å². The number of carbonyl (C=O) groups excluding carboxylic acids is 1. The largest absolute Gasteiger partial charge is 0.457 e. The third-order valence-corrected chi connectivity index (χ3v) is 5.95. The highest BCUT2D eigenvalue weighted by atomic mass is 79.9. The Balaban J connectivity index is 1.45. The lowest BCUT2D eigenvalue weighted by atomic mass is 10.2. The molecule has 0 aliphatic carbocycles. The van der Waals surface area contributed by atoms with Crippen LogP contribution in [0.1, 0.15) is 5.56 Å². The Bertz CT molecular complexity index is 1020. The molecule has 0 atom stereocenters. The number of rotatable bonds is 8. The molecule has 0 unspecified atom stereocenters. The van der Waals surface area contributed by atoms with Crippen molar-refractivity contribution in [2.75, 3.05) is 44.7 Å². The second kappa shape index (κ2) is 11.8. The van der Waals surface area contributed by atoms with Crippen molar-refractivity contribution >= 4 is 27.6 Å². The van der Waals surface area contributed by atoms with Crippen molar-refractivity contribution in [3.8, 4) is 11.5 Å². The number of hydrogen-bond acceptors (Lipinski definition) is 4. The van der Waals surface area contributed by atoms with E-state index >= 15 is 0 Å². The van der Waals surface area contributed by atoms with Crippen molar-refractivity contribution in [1.29, 1.82) is 0 Å². The molecule has 33 heavy (non-hydrogen) atoms. The number of anilines is 1. The molecule has 1 N–H and O–H groups in total. The Morgan fingerprint density at radius 3 is 2.45 bits per heavy atom. The van der Waals surface area contributed by atoms with Crippen LogP contribution < -0.4 is 10.1 Å². The number of hydrogen-bond donors (Lipinski definition) is 1. The summed E-state index contributed by atoms with van der Waals surface area (Å²) >= 11 is 3.43. The Labute approximate surface area is 203 Å². The van der Waals surface area contributed by atoms with E-state index in [-0.39, 0.29) is 6.03 Å². The summed E-state index contributed by atoms with van der Waals surface area (Å²) in [6.45, 7) is 5.17. The number of benzene rings is 3. The summed E-state index contributed by atoms with van der Waals surface area (Å²) in [5.41, 5.74) is 1.78. The third kappa shape index (κ3) is 7.32. The first-order valence-corrected chi connectivity index (χ1v) is 11.9. The number of ether oxygens (including phenoxy) is 2. The fourth-order valence-electron chi connectivity index (χ4n) is 3.63. The van der Waals surface area contributed by atoms with E-state index in [4.69, 9.17) is 9.47 Å². The summed E-state index contributed by atoms with van der Waals surface area (Å²) in [7, 11) is 0. The fourth-order valence-corrected chi connectivity index (χ4v) is 3.89. The van der Waals surface area contributed by atoms with Crippen molar-refractivity contribution in [3.63, 3.8) is 0 Å². The predicted octanol–water partition coefficient (Wildman–Crippen LogP) is 5.61. The van der Waals surface area contributed by atoms with Crippen molar-refractivity contribution in [2.24, 2.45) is 0 Å². The van der Waals surface area contributed by atoms with Crippen LogP contribution >= 0.6 is 15.9 Å². The summed E-state index contributed by atoms with van der Waals surface area (Å²) in [6.07, 6.45) is 0. The SMILES string of the molecule is O=C(Nc1ccc(Br)cc1)N(CCN1CCOCC1)Cc1cccc(Oc2ccccc2)c1. The van der Waals surface area contributed by atoms with E-state index < -0.39 is 0 Å². The molecule has 0 spiro atoms. The van der Waals surface area contributed by atoms with Gasteiger partial charge in [-0.1, -0.05) is 46.3 Å². The first kappa shape index (κ1) is 23.3. The van der Waals surface area contributed by atoms with Crippen molar-refractivity contribution in [2.45, 2.75) is 6.54 Å².